The van der Waals surface area contributed by atoms with Crippen LogP contribution in [-0.2, 0) is 14.8 Å². The second-order valence-corrected chi connectivity index (χ2v) is 6.67. The first-order chi connectivity index (χ1) is 8.42. The molecule has 0 atom stereocenters. The van der Waals surface area contributed by atoms with Crippen molar-refractivity contribution in [2.75, 3.05) is 0 Å². The van der Waals surface area contributed by atoms with Gasteiger partial charge >= 0.3 is 5.97 Å². The lowest BCUT2D eigenvalue weighted by Crippen LogP contribution is -2.25. The zero-order chi connectivity index (χ0) is 15.0. The van der Waals surface area contributed by atoms with Gasteiger partial charge in [-0.3, -0.25) is 0 Å². The Morgan fingerprint density at radius 2 is 1.84 bits per heavy atom. The van der Waals surface area contributed by atoms with Gasteiger partial charge in [-0.15, -0.1) is 0 Å². The van der Waals surface area contributed by atoms with Gasteiger partial charge in [0.05, 0.1) is 10.5 Å². The fourth-order valence-corrected chi connectivity index (χ4v) is 2.24. The zero-order valence-electron chi connectivity index (χ0n) is 11.2. The summed E-state index contributed by atoms with van der Waals surface area (Å²) in [5, 5.41) is 5.00. The SMILES string of the molecule is Cc1cc(F)c(C(=O)OC(C)(C)C)cc1S(N)(=O)=O. The van der Waals surface area contributed by atoms with Crippen LogP contribution in [0.25, 0.3) is 0 Å². The molecule has 0 fully saturated rings. The van der Waals surface area contributed by atoms with E-state index in [2.05, 4.69) is 0 Å². The molecular formula is C12H16FNO4S. The number of esters is 1. The Balaban J connectivity index is 3.34. The van der Waals surface area contributed by atoms with E-state index in [1.807, 2.05) is 0 Å². The topological polar surface area (TPSA) is 86.5 Å². The third kappa shape index (κ3) is 4.00. The van der Waals surface area contributed by atoms with Gasteiger partial charge in [-0.1, -0.05) is 0 Å². The van der Waals surface area contributed by atoms with E-state index in [9.17, 15) is 17.6 Å². The molecule has 0 heterocycles. The zero-order valence-corrected chi connectivity index (χ0v) is 12.0. The van der Waals surface area contributed by atoms with Gasteiger partial charge in [0.25, 0.3) is 0 Å². The number of carbonyl (C=O) groups is 1. The number of aryl methyl sites for hydroxylation is 1. The molecule has 0 aliphatic carbocycles. The summed E-state index contributed by atoms with van der Waals surface area (Å²) in [6.45, 7) is 6.26. The van der Waals surface area contributed by atoms with Crippen molar-refractivity contribution in [2.24, 2.45) is 5.14 Å². The summed E-state index contributed by atoms with van der Waals surface area (Å²) in [6, 6.07) is 1.84. The van der Waals surface area contributed by atoms with Crippen molar-refractivity contribution in [3.05, 3.63) is 29.1 Å². The minimum absolute atomic E-state index is 0.132. The predicted molar refractivity (Wildman–Crippen MR) is 67.7 cm³/mol. The van der Waals surface area contributed by atoms with Crippen LogP contribution in [0.5, 0.6) is 0 Å². The molecule has 1 rings (SSSR count). The van der Waals surface area contributed by atoms with Crippen LogP contribution in [0.4, 0.5) is 4.39 Å². The lowest BCUT2D eigenvalue weighted by molar-refractivity contribution is 0.00644. The Labute approximate surface area is 111 Å². The third-order valence-corrected chi connectivity index (χ3v) is 3.24. The quantitative estimate of drug-likeness (QED) is 0.840. The molecule has 1 aromatic carbocycles. The van der Waals surface area contributed by atoms with Crippen LogP contribution < -0.4 is 5.14 Å². The molecule has 5 nitrogen and oxygen atoms in total. The van der Waals surface area contributed by atoms with Crippen LogP contribution in [0, 0.1) is 12.7 Å². The molecule has 19 heavy (non-hydrogen) atoms. The maximum Gasteiger partial charge on any atom is 0.341 e. The van der Waals surface area contributed by atoms with Crippen molar-refractivity contribution in [1.82, 2.24) is 0 Å². The van der Waals surface area contributed by atoms with Crippen LogP contribution in [0.15, 0.2) is 17.0 Å². The maximum atomic E-state index is 13.7. The molecule has 2 N–H and O–H groups in total. The van der Waals surface area contributed by atoms with Gasteiger partial charge in [0.2, 0.25) is 10.0 Å². The van der Waals surface area contributed by atoms with Crippen LogP contribution in [0.2, 0.25) is 0 Å². The Kier molecular flexibility index (Phi) is 4.02. The number of rotatable bonds is 2. The smallest absolute Gasteiger partial charge is 0.341 e. The first-order valence-corrected chi connectivity index (χ1v) is 7.03. The first-order valence-electron chi connectivity index (χ1n) is 5.48. The van der Waals surface area contributed by atoms with Gasteiger partial charge < -0.3 is 4.74 Å². The number of hydrogen-bond donors (Lipinski definition) is 1. The lowest BCUT2D eigenvalue weighted by atomic mass is 10.1. The monoisotopic (exact) mass is 289 g/mol. The van der Waals surface area contributed by atoms with Crippen LogP contribution in [0.1, 0.15) is 36.7 Å². The second kappa shape index (κ2) is 4.90. The van der Waals surface area contributed by atoms with Gasteiger partial charge in [-0.05, 0) is 45.4 Å². The molecule has 0 aromatic heterocycles. The minimum Gasteiger partial charge on any atom is -0.456 e. The van der Waals surface area contributed by atoms with E-state index in [-0.39, 0.29) is 10.5 Å². The highest BCUT2D eigenvalue weighted by atomic mass is 32.2. The van der Waals surface area contributed by atoms with Gasteiger partial charge in [0, 0.05) is 0 Å². The summed E-state index contributed by atoms with van der Waals surface area (Å²) in [5.41, 5.74) is -1.13. The van der Waals surface area contributed by atoms with Crippen LogP contribution in [-0.4, -0.2) is 20.0 Å². The molecule has 7 heteroatoms. The van der Waals surface area contributed by atoms with E-state index in [0.29, 0.717) is 0 Å². The van der Waals surface area contributed by atoms with E-state index in [4.69, 9.17) is 9.88 Å². The van der Waals surface area contributed by atoms with Crippen molar-refractivity contribution in [3.63, 3.8) is 0 Å². The summed E-state index contributed by atoms with van der Waals surface area (Å²) < 4.78 is 41.4. The van der Waals surface area contributed by atoms with Gasteiger partial charge in [0.15, 0.2) is 0 Å². The lowest BCUT2D eigenvalue weighted by Gasteiger charge is -2.20. The number of hydrogen-bond acceptors (Lipinski definition) is 4. The number of nitrogens with two attached hydrogens (primary N) is 1. The Hall–Kier alpha value is -1.47. The molecule has 0 bridgehead atoms. The summed E-state index contributed by atoms with van der Waals surface area (Å²) in [5.74, 6) is -1.78. The summed E-state index contributed by atoms with van der Waals surface area (Å²) in [6.07, 6.45) is 0. The van der Waals surface area contributed by atoms with Crippen molar-refractivity contribution < 1.29 is 22.3 Å². The highest BCUT2D eigenvalue weighted by Crippen LogP contribution is 2.21. The molecule has 0 aliphatic heterocycles. The number of halogens is 1. The Morgan fingerprint density at radius 1 is 1.32 bits per heavy atom. The average Bonchev–Trinajstić information content (AvgIpc) is 2.11. The summed E-state index contributed by atoms with van der Waals surface area (Å²) >= 11 is 0. The first kappa shape index (κ1) is 15.6. The number of ether oxygens (including phenoxy) is 1. The highest BCUT2D eigenvalue weighted by molar-refractivity contribution is 7.89. The second-order valence-electron chi connectivity index (χ2n) is 5.14. The highest BCUT2D eigenvalue weighted by Gasteiger charge is 2.24. The van der Waals surface area contributed by atoms with E-state index < -0.39 is 33.0 Å². The van der Waals surface area contributed by atoms with Crippen molar-refractivity contribution in [3.8, 4) is 0 Å². The molecule has 0 saturated heterocycles. The minimum atomic E-state index is -4.02. The average molecular weight is 289 g/mol. The molecule has 0 amide bonds. The van der Waals surface area contributed by atoms with Crippen molar-refractivity contribution in [2.45, 2.75) is 38.2 Å². The number of sulfonamides is 1. The summed E-state index contributed by atoms with van der Waals surface area (Å²) in [7, 11) is -4.02. The van der Waals surface area contributed by atoms with Crippen LogP contribution >= 0.6 is 0 Å². The third-order valence-electron chi connectivity index (χ3n) is 2.19. The van der Waals surface area contributed by atoms with Crippen LogP contribution in [0.3, 0.4) is 0 Å². The number of carbonyl (C=O) groups excluding carboxylic acids is 1. The number of benzene rings is 1. The maximum absolute atomic E-state index is 13.7. The Bertz CT molecular complexity index is 617. The molecule has 0 spiro atoms. The van der Waals surface area contributed by atoms with Gasteiger partial charge in [-0.25, -0.2) is 22.7 Å². The molecule has 0 radical (unpaired) electrons. The fourth-order valence-electron chi connectivity index (χ4n) is 1.45. The van der Waals surface area contributed by atoms with Gasteiger partial charge in [-0.2, -0.15) is 0 Å². The normalized spacial score (nSPS) is 12.3. The van der Waals surface area contributed by atoms with Gasteiger partial charge in [0.1, 0.15) is 11.4 Å². The van der Waals surface area contributed by atoms with E-state index in [1.54, 1.807) is 20.8 Å². The van der Waals surface area contributed by atoms with E-state index >= 15 is 0 Å². The van der Waals surface area contributed by atoms with E-state index in [0.717, 1.165) is 12.1 Å². The standard InChI is InChI=1S/C12H16FNO4S/c1-7-5-9(13)8(6-10(7)19(14,16)17)11(15)18-12(2,3)4/h5-6H,1-4H3,(H2,14,16,17). The predicted octanol–water partition coefficient (Wildman–Crippen LogP) is 1.74. The molecule has 0 aliphatic rings. The molecule has 0 saturated carbocycles. The largest absolute Gasteiger partial charge is 0.456 e. The molecule has 1 aromatic rings. The molecular weight excluding hydrogens is 273 g/mol. The van der Waals surface area contributed by atoms with E-state index in [1.165, 1.54) is 6.92 Å². The molecule has 0 unspecified atom stereocenters. The van der Waals surface area contributed by atoms with Crippen molar-refractivity contribution in [1.29, 1.82) is 0 Å². The van der Waals surface area contributed by atoms with Crippen molar-refractivity contribution >= 4 is 16.0 Å². The fraction of sp³-hybridized carbons (Fsp3) is 0.417. The molecule has 106 valence electrons. The number of primary sulfonamides is 1. The summed E-state index contributed by atoms with van der Waals surface area (Å²) in [4.78, 5) is 11.5. The Morgan fingerprint density at radius 3 is 2.26 bits per heavy atom.